The summed E-state index contributed by atoms with van der Waals surface area (Å²) >= 11 is 0. The summed E-state index contributed by atoms with van der Waals surface area (Å²) in [6.45, 7) is 0. The number of fused-ring (bicyclic) bond motifs is 1. The van der Waals surface area contributed by atoms with Crippen LogP contribution in [0.1, 0.15) is 15.9 Å². The molecule has 2 N–H and O–H groups in total. The van der Waals surface area contributed by atoms with Crippen molar-refractivity contribution in [3.63, 3.8) is 0 Å². The lowest BCUT2D eigenvalue weighted by Gasteiger charge is -2.06. The zero-order valence-corrected chi connectivity index (χ0v) is 10.7. The van der Waals surface area contributed by atoms with Crippen molar-refractivity contribution in [3.05, 3.63) is 65.9 Å². The van der Waals surface area contributed by atoms with Crippen molar-refractivity contribution in [2.45, 2.75) is 0 Å². The summed E-state index contributed by atoms with van der Waals surface area (Å²) in [7, 11) is 0. The van der Waals surface area contributed by atoms with Gasteiger partial charge in [0.25, 0.3) is 5.91 Å². The van der Waals surface area contributed by atoms with E-state index in [2.05, 4.69) is 16.2 Å². The third kappa shape index (κ3) is 2.15. The molecular weight excluding hydrogens is 248 g/mol. The molecule has 0 aliphatic carbocycles. The Morgan fingerprint density at radius 2 is 2.00 bits per heavy atom. The van der Waals surface area contributed by atoms with Gasteiger partial charge in [-0.3, -0.25) is 4.79 Å². The first-order valence-electron chi connectivity index (χ1n) is 6.22. The molecule has 0 fully saturated rings. The Morgan fingerprint density at radius 1 is 1.15 bits per heavy atom. The standard InChI is InChI=1S/C17H12N2O/c1-2-12-5-3-7-14(11-12)19-17(20)15-8-4-6-13-9-10-18-16(13)15/h1,3-11,18H,(H,19,20). The number of para-hydroxylation sites is 1. The summed E-state index contributed by atoms with van der Waals surface area (Å²) in [6, 6.07) is 14.8. The van der Waals surface area contributed by atoms with Crippen LogP contribution in [0.4, 0.5) is 5.69 Å². The highest BCUT2D eigenvalue weighted by Crippen LogP contribution is 2.19. The van der Waals surface area contributed by atoms with Crippen molar-refractivity contribution >= 4 is 22.5 Å². The van der Waals surface area contributed by atoms with Crippen LogP contribution in [0.3, 0.4) is 0 Å². The Bertz CT molecular complexity index is 824. The van der Waals surface area contributed by atoms with E-state index in [1.807, 2.05) is 42.6 Å². The third-order valence-corrected chi connectivity index (χ3v) is 3.12. The summed E-state index contributed by atoms with van der Waals surface area (Å²) in [6.07, 6.45) is 7.17. The maximum Gasteiger partial charge on any atom is 0.257 e. The second kappa shape index (κ2) is 4.94. The molecule has 1 heterocycles. The molecule has 0 aliphatic rings. The molecule has 0 radical (unpaired) electrons. The second-order valence-corrected chi connectivity index (χ2v) is 4.43. The van der Waals surface area contributed by atoms with Crippen LogP contribution in [0.2, 0.25) is 0 Å². The van der Waals surface area contributed by atoms with Crippen LogP contribution in [-0.2, 0) is 0 Å². The number of anilines is 1. The van der Waals surface area contributed by atoms with E-state index in [1.165, 1.54) is 0 Å². The first-order valence-corrected chi connectivity index (χ1v) is 6.22. The van der Waals surface area contributed by atoms with E-state index >= 15 is 0 Å². The van der Waals surface area contributed by atoms with Crippen molar-refractivity contribution in [1.82, 2.24) is 4.98 Å². The van der Waals surface area contributed by atoms with E-state index in [-0.39, 0.29) is 5.91 Å². The molecule has 20 heavy (non-hydrogen) atoms. The summed E-state index contributed by atoms with van der Waals surface area (Å²) in [5.41, 5.74) is 2.87. The molecule has 3 aromatic rings. The van der Waals surface area contributed by atoms with E-state index in [9.17, 15) is 4.79 Å². The molecule has 96 valence electrons. The predicted octanol–water partition coefficient (Wildman–Crippen LogP) is 3.40. The summed E-state index contributed by atoms with van der Waals surface area (Å²) in [5, 5.41) is 3.87. The van der Waals surface area contributed by atoms with Crippen molar-refractivity contribution < 1.29 is 4.79 Å². The minimum absolute atomic E-state index is 0.160. The van der Waals surface area contributed by atoms with E-state index in [0.29, 0.717) is 11.3 Å². The van der Waals surface area contributed by atoms with Crippen molar-refractivity contribution in [2.24, 2.45) is 0 Å². The first-order chi connectivity index (χ1) is 9.78. The van der Waals surface area contributed by atoms with E-state index in [1.54, 1.807) is 12.1 Å². The minimum Gasteiger partial charge on any atom is -0.361 e. The molecule has 0 unspecified atom stereocenters. The van der Waals surface area contributed by atoms with Gasteiger partial charge in [-0.1, -0.05) is 24.1 Å². The molecular formula is C17H12N2O. The van der Waals surface area contributed by atoms with Gasteiger partial charge in [0.15, 0.2) is 0 Å². The second-order valence-electron chi connectivity index (χ2n) is 4.43. The van der Waals surface area contributed by atoms with E-state index in [4.69, 9.17) is 6.42 Å². The van der Waals surface area contributed by atoms with E-state index in [0.717, 1.165) is 16.5 Å². The largest absolute Gasteiger partial charge is 0.361 e. The molecule has 3 rings (SSSR count). The van der Waals surface area contributed by atoms with Gasteiger partial charge in [-0.2, -0.15) is 0 Å². The fraction of sp³-hybridized carbons (Fsp3) is 0. The number of carbonyl (C=O) groups excluding carboxylic acids is 1. The lowest BCUT2D eigenvalue weighted by atomic mass is 10.1. The zero-order chi connectivity index (χ0) is 13.9. The molecule has 1 aromatic heterocycles. The molecule has 0 spiro atoms. The lowest BCUT2D eigenvalue weighted by molar-refractivity contribution is 0.102. The lowest BCUT2D eigenvalue weighted by Crippen LogP contribution is -2.12. The maximum absolute atomic E-state index is 12.3. The predicted molar refractivity (Wildman–Crippen MR) is 80.6 cm³/mol. The number of hydrogen-bond donors (Lipinski definition) is 2. The number of terminal acetylenes is 1. The van der Waals surface area contributed by atoms with Gasteiger partial charge in [0.2, 0.25) is 0 Å². The molecule has 1 amide bonds. The van der Waals surface area contributed by atoms with Crippen LogP contribution >= 0.6 is 0 Å². The molecule has 0 atom stereocenters. The van der Waals surface area contributed by atoms with E-state index < -0.39 is 0 Å². The number of rotatable bonds is 2. The highest BCUT2D eigenvalue weighted by Gasteiger charge is 2.10. The van der Waals surface area contributed by atoms with Crippen molar-refractivity contribution in [2.75, 3.05) is 5.32 Å². The Balaban J connectivity index is 1.93. The monoisotopic (exact) mass is 260 g/mol. The van der Waals surface area contributed by atoms with Gasteiger partial charge in [-0.25, -0.2) is 0 Å². The fourth-order valence-electron chi connectivity index (χ4n) is 2.16. The van der Waals surface area contributed by atoms with Crippen LogP contribution in [0.25, 0.3) is 10.9 Å². The number of nitrogens with one attached hydrogen (secondary N) is 2. The Labute approximate surface area is 116 Å². The number of amides is 1. The Morgan fingerprint density at radius 3 is 2.85 bits per heavy atom. The zero-order valence-electron chi connectivity index (χ0n) is 10.7. The van der Waals surface area contributed by atoms with Crippen LogP contribution in [0.15, 0.2) is 54.7 Å². The number of H-pyrrole nitrogens is 1. The van der Waals surface area contributed by atoms with Crippen molar-refractivity contribution in [1.29, 1.82) is 0 Å². The number of carbonyl (C=O) groups is 1. The molecule has 0 aliphatic heterocycles. The molecule has 3 heteroatoms. The molecule has 3 nitrogen and oxygen atoms in total. The summed E-state index contributed by atoms with van der Waals surface area (Å²) in [5.74, 6) is 2.39. The first kappa shape index (κ1) is 12.1. The Hall–Kier alpha value is -2.99. The number of hydrogen-bond acceptors (Lipinski definition) is 1. The average Bonchev–Trinajstić information content (AvgIpc) is 2.95. The highest BCUT2D eigenvalue weighted by atomic mass is 16.1. The van der Waals surface area contributed by atoms with Gasteiger partial charge >= 0.3 is 0 Å². The van der Waals surface area contributed by atoms with Crippen molar-refractivity contribution in [3.8, 4) is 12.3 Å². The topological polar surface area (TPSA) is 44.9 Å². The van der Waals surface area contributed by atoms with Crippen LogP contribution in [0.5, 0.6) is 0 Å². The van der Waals surface area contributed by atoms with Gasteiger partial charge in [0.1, 0.15) is 0 Å². The SMILES string of the molecule is C#Cc1cccc(NC(=O)c2cccc3cc[nH]c23)c1. The molecule has 0 bridgehead atoms. The average molecular weight is 260 g/mol. The van der Waals surface area contributed by atoms with Crippen LogP contribution in [-0.4, -0.2) is 10.9 Å². The minimum atomic E-state index is -0.160. The smallest absolute Gasteiger partial charge is 0.257 e. The number of aromatic nitrogens is 1. The third-order valence-electron chi connectivity index (χ3n) is 3.12. The summed E-state index contributed by atoms with van der Waals surface area (Å²) in [4.78, 5) is 15.4. The fourth-order valence-corrected chi connectivity index (χ4v) is 2.16. The quantitative estimate of drug-likeness (QED) is 0.681. The number of aromatic amines is 1. The molecule has 2 aromatic carbocycles. The number of benzene rings is 2. The van der Waals surface area contributed by atoms with Gasteiger partial charge in [0, 0.05) is 22.8 Å². The highest BCUT2D eigenvalue weighted by molar-refractivity contribution is 6.12. The Kier molecular flexibility index (Phi) is 2.98. The normalized spacial score (nSPS) is 10.2. The van der Waals surface area contributed by atoms with Gasteiger partial charge in [-0.15, -0.1) is 6.42 Å². The van der Waals surface area contributed by atoms with Gasteiger partial charge in [0.05, 0.1) is 11.1 Å². The van der Waals surface area contributed by atoms with Crippen LogP contribution < -0.4 is 5.32 Å². The summed E-state index contributed by atoms with van der Waals surface area (Å²) < 4.78 is 0. The molecule has 0 saturated heterocycles. The maximum atomic E-state index is 12.3. The van der Waals surface area contributed by atoms with Crippen LogP contribution in [0, 0.1) is 12.3 Å². The van der Waals surface area contributed by atoms with Gasteiger partial charge < -0.3 is 10.3 Å². The van der Waals surface area contributed by atoms with Gasteiger partial charge in [-0.05, 0) is 30.3 Å². The molecule has 0 saturated carbocycles.